The molecule has 23 heavy (non-hydrogen) atoms. The van der Waals surface area contributed by atoms with Crippen LogP contribution in [0.2, 0.25) is 0 Å². The second kappa shape index (κ2) is 6.75. The normalized spacial score (nSPS) is 10.8. The summed E-state index contributed by atoms with van der Waals surface area (Å²) in [6, 6.07) is 26.2. The third-order valence-electron chi connectivity index (χ3n) is 3.65. The molecule has 1 N–H and O–H groups in total. The second-order valence-electron chi connectivity index (χ2n) is 5.21. The summed E-state index contributed by atoms with van der Waals surface area (Å²) in [5.41, 5.74) is 5.22. The average molecular weight is 300 g/mol. The Kier molecular flexibility index (Phi) is 4.34. The van der Waals surface area contributed by atoms with E-state index in [1.165, 1.54) is 6.08 Å². The lowest BCUT2D eigenvalue weighted by Crippen LogP contribution is -1.89. The fraction of sp³-hybridized carbons (Fsp3) is 0. The van der Waals surface area contributed by atoms with E-state index in [-0.39, 0.29) is 0 Å². The van der Waals surface area contributed by atoms with Crippen molar-refractivity contribution in [2.45, 2.75) is 0 Å². The summed E-state index contributed by atoms with van der Waals surface area (Å²) in [5, 5.41) is 8.88. The molecule has 2 nitrogen and oxygen atoms in total. The van der Waals surface area contributed by atoms with Gasteiger partial charge in [-0.1, -0.05) is 72.8 Å². The third-order valence-corrected chi connectivity index (χ3v) is 3.65. The molecule has 0 aliphatic rings. The Labute approximate surface area is 135 Å². The maximum Gasteiger partial charge on any atom is 0.328 e. The fourth-order valence-corrected chi connectivity index (χ4v) is 2.54. The molecule has 0 atom stereocenters. The number of benzene rings is 3. The van der Waals surface area contributed by atoms with E-state index in [9.17, 15) is 4.79 Å². The van der Waals surface area contributed by atoms with Crippen molar-refractivity contribution in [3.8, 4) is 22.3 Å². The topological polar surface area (TPSA) is 37.3 Å². The largest absolute Gasteiger partial charge is 0.478 e. The van der Waals surface area contributed by atoms with E-state index in [1.807, 2.05) is 60.7 Å². The molecule has 0 radical (unpaired) electrons. The molecule has 0 aliphatic carbocycles. The number of hydrogen-bond donors (Lipinski definition) is 1. The van der Waals surface area contributed by atoms with Crippen molar-refractivity contribution in [3.63, 3.8) is 0 Å². The van der Waals surface area contributed by atoms with Crippen LogP contribution in [0.1, 0.15) is 5.56 Å². The van der Waals surface area contributed by atoms with Crippen LogP contribution in [0.25, 0.3) is 28.3 Å². The quantitative estimate of drug-likeness (QED) is 0.679. The van der Waals surface area contributed by atoms with Crippen molar-refractivity contribution in [2.75, 3.05) is 0 Å². The van der Waals surface area contributed by atoms with Crippen LogP contribution in [0.15, 0.2) is 84.9 Å². The Bertz CT molecular complexity index is 834. The highest BCUT2D eigenvalue weighted by atomic mass is 16.4. The van der Waals surface area contributed by atoms with Crippen LogP contribution in [0.5, 0.6) is 0 Å². The van der Waals surface area contributed by atoms with Crippen LogP contribution >= 0.6 is 0 Å². The first kappa shape index (κ1) is 14.8. The summed E-state index contributed by atoms with van der Waals surface area (Å²) in [6.07, 6.45) is 2.81. The van der Waals surface area contributed by atoms with Crippen molar-refractivity contribution < 1.29 is 9.90 Å². The maximum atomic E-state index is 10.8. The van der Waals surface area contributed by atoms with Crippen LogP contribution in [0, 0.1) is 0 Å². The van der Waals surface area contributed by atoms with Crippen molar-refractivity contribution >= 4 is 12.0 Å². The van der Waals surface area contributed by atoms with Gasteiger partial charge in [-0.3, -0.25) is 0 Å². The number of carboxylic acid groups (broad SMARTS) is 1. The van der Waals surface area contributed by atoms with E-state index in [0.29, 0.717) is 0 Å². The molecule has 3 aromatic rings. The number of carbonyl (C=O) groups is 1. The molecule has 0 saturated heterocycles. The van der Waals surface area contributed by atoms with Gasteiger partial charge in [-0.2, -0.15) is 0 Å². The number of carboxylic acids is 1. The van der Waals surface area contributed by atoms with Gasteiger partial charge in [0.25, 0.3) is 0 Å². The van der Waals surface area contributed by atoms with Gasteiger partial charge >= 0.3 is 5.97 Å². The van der Waals surface area contributed by atoms with Gasteiger partial charge in [0.2, 0.25) is 0 Å². The minimum atomic E-state index is -0.948. The molecule has 0 amide bonds. The molecular weight excluding hydrogens is 284 g/mol. The summed E-state index contributed by atoms with van der Waals surface area (Å²) in [7, 11) is 0. The van der Waals surface area contributed by atoms with Crippen molar-refractivity contribution in [1.29, 1.82) is 0 Å². The van der Waals surface area contributed by atoms with Crippen molar-refractivity contribution in [3.05, 3.63) is 90.5 Å². The molecule has 2 heteroatoms. The average Bonchev–Trinajstić information content (AvgIpc) is 2.61. The van der Waals surface area contributed by atoms with Crippen LogP contribution in [-0.2, 0) is 4.79 Å². The zero-order chi connectivity index (χ0) is 16.1. The summed E-state index contributed by atoms with van der Waals surface area (Å²) in [5.74, 6) is -0.948. The lowest BCUT2D eigenvalue weighted by molar-refractivity contribution is -0.131. The predicted octanol–water partition coefficient (Wildman–Crippen LogP) is 5.12. The Morgan fingerprint density at radius 2 is 1.35 bits per heavy atom. The molecule has 0 aromatic heterocycles. The summed E-state index contributed by atoms with van der Waals surface area (Å²) < 4.78 is 0. The van der Waals surface area contributed by atoms with Crippen molar-refractivity contribution in [2.24, 2.45) is 0 Å². The molecule has 0 heterocycles. The molecule has 0 saturated carbocycles. The van der Waals surface area contributed by atoms with Gasteiger partial charge in [-0.25, -0.2) is 4.79 Å². The minimum Gasteiger partial charge on any atom is -0.478 e. The number of rotatable bonds is 4. The zero-order valence-corrected chi connectivity index (χ0v) is 12.5. The Morgan fingerprint density at radius 3 is 1.96 bits per heavy atom. The molecular formula is C21H16O2. The molecule has 0 spiro atoms. The number of aliphatic carboxylic acids is 1. The van der Waals surface area contributed by atoms with Gasteiger partial charge in [0.05, 0.1) is 0 Å². The van der Waals surface area contributed by atoms with Gasteiger partial charge < -0.3 is 5.11 Å². The molecule has 0 aliphatic heterocycles. The highest BCUT2D eigenvalue weighted by Gasteiger charge is 2.06. The molecule has 112 valence electrons. The highest BCUT2D eigenvalue weighted by molar-refractivity contribution is 5.89. The van der Waals surface area contributed by atoms with Gasteiger partial charge in [0, 0.05) is 6.08 Å². The Balaban J connectivity index is 2.13. The lowest BCUT2D eigenvalue weighted by atomic mass is 9.94. The van der Waals surface area contributed by atoms with Crippen molar-refractivity contribution in [1.82, 2.24) is 0 Å². The fourth-order valence-electron chi connectivity index (χ4n) is 2.54. The van der Waals surface area contributed by atoms with E-state index < -0.39 is 5.97 Å². The Morgan fingerprint density at radius 1 is 0.739 bits per heavy atom. The maximum absolute atomic E-state index is 10.8. The van der Waals surface area contributed by atoms with E-state index in [0.717, 1.165) is 27.8 Å². The monoisotopic (exact) mass is 300 g/mol. The molecule has 3 aromatic carbocycles. The molecule has 3 rings (SSSR count). The number of hydrogen-bond acceptors (Lipinski definition) is 1. The van der Waals surface area contributed by atoms with Gasteiger partial charge in [0.15, 0.2) is 0 Å². The SMILES string of the molecule is O=C(O)C=Cc1ccc(-c2ccccc2)cc1-c1ccccc1. The van der Waals surface area contributed by atoms with Gasteiger partial charge in [-0.15, -0.1) is 0 Å². The van der Waals surface area contributed by atoms with Gasteiger partial charge in [0.1, 0.15) is 0 Å². The minimum absolute atomic E-state index is 0.887. The first-order valence-electron chi connectivity index (χ1n) is 7.40. The van der Waals surface area contributed by atoms with Crippen LogP contribution < -0.4 is 0 Å². The zero-order valence-electron chi connectivity index (χ0n) is 12.5. The third kappa shape index (κ3) is 3.55. The molecule has 0 fully saturated rings. The smallest absolute Gasteiger partial charge is 0.328 e. The van der Waals surface area contributed by atoms with E-state index in [1.54, 1.807) is 6.08 Å². The highest BCUT2D eigenvalue weighted by Crippen LogP contribution is 2.30. The second-order valence-corrected chi connectivity index (χ2v) is 5.21. The molecule has 0 bridgehead atoms. The Hall–Kier alpha value is -3.13. The first-order chi connectivity index (χ1) is 11.2. The van der Waals surface area contributed by atoms with E-state index in [4.69, 9.17) is 5.11 Å². The first-order valence-corrected chi connectivity index (χ1v) is 7.40. The summed E-state index contributed by atoms with van der Waals surface area (Å²) in [4.78, 5) is 10.8. The van der Waals surface area contributed by atoms with E-state index in [2.05, 4.69) is 18.2 Å². The van der Waals surface area contributed by atoms with Crippen LogP contribution in [-0.4, -0.2) is 11.1 Å². The lowest BCUT2D eigenvalue weighted by Gasteiger charge is -2.10. The van der Waals surface area contributed by atoms with Crippen LogP contribution in [0.4, 0.5) is 0 Å². The van der Waals surface area contributed by atoms with Gasteiger partial charge in [-0.05, 0) is 40.0 Å². The molecule has 0 unspecified atom stereocenters. The summed E-state index contributed by atoms with van der Waals surface area (Å²) >= 11 is 0. The summed E-state index contributed by atoms with van der Waals surface area (Å²) in [6.45, 7) is 0. The standard InChI is InChI=1S/C21H16O2/c22-21(23)14-13-18-11-12-19(16-7-3-1-4-8-16)15-20(18)17-9-5-2-6-10-17/h1-15H,(H,22,23). The van der Waals surface area contributed by atoms with E-state index >= 15 is 0 Å². The van der Waals surface area contributed by atoms with Crippen LogP contribution in [0.3, 0.4) is 0 Å². The predicted molar refractivity (Wildman–Crippen MR) is 94.0 cm³/mol.